The van der Waals surface area contributed by atoms with Gasteiger partial charge < -0.3 is 15.2 Å². The molecule has 0 aliphatic rings. The molecule has 2 unspecified atom stereocenters. The lowest BCUT2D eigenvalue weighted by atomic mass is 9.99. The summed E-state index contributed by atoms with van der Waals surface area (Å²) in [6.07, 6.45) is 0.642. The van der Waals surface area contributed by atoms with Gasteiger partial charge in [-0.25, -0.2) is 4.79 Å². The number of hydrogen-bond acceptors (Lipinski definition) is 4. The van der Waals surface area contributed by atoms with Crippen molar-refractivity contribution in [3.05, 3.63) is 29.8 Å². The van der Waals surface area contributed by atoms with Gasteiger partial charge in [0.05, 0.1) is 0 Å². The molecule has 6 nitrogen and oxygen atoms in total. The first-order chi connectivity index (χ1) is 9.85. The molecule has 1 rings (SSSR count). The van der Waals surface area contributed by atoms with Crippen molar-refractivity contribution in [3.8, 4) is 5.75 Å². The highest BCUT2D eigenvalue weighted by molar-refractivity contribution is 5.96. The minimum atomic E-state index is -1.06. The molecule has 0 aromatic heterocycles. The van der Waals surface area contributed by atoms with Gasteiger partial charge in [0.25, 0.3) is 5.91 Å². The summed E-state index contributed by atoms with van der Waals surface area (Å²) in [5, 5.41) is 11.6. The summed E-state index contributed by atoms with van der Waals surface area (Å²) >= 11 is 0. The maximum absolute atomic E-state index is 12.0. The van der Waals surface area contributed by atoms with E-state index < -0.39 is 23.9 Å². The highest BCUT2D eigenvalue weighted by Gasteiger charge is 2.25. The van der Waals surface area contributed by atoms with Crippen molar-refractivity contribution in [2.75, 3.05) is 0 Å². The number of carboxylic acids is 1. The van der Waals surface area contributed by atoms with Crippen LogP contribution in [0.2, 0.25) is 0 Å². The maximum atomic E-state index is 12.0. The molecule has 0 saturated carbocycles. The SMILES string of the molecule is CCC(C)C(NC(=O)c1ccc(OC(C)=O)cc1)C(=O)O. The lowest BCUT2D eigenvalue weighted by molar-refractivity contribution is -0.140. The van der Waals surface area contributed by atoms with Gasteiger partial charge in [0, 0.05) is 12.5 Å². The van der Waals surface area contributed by atoms with E-state index in [-0.39, 0.29) is 5.92 Å². The van der Waals surface area contributed by atoms with E-state index in [1.54, 1.807) is 6.92 Å². The number of nitrogens with one attached hydrogen (secondary N) is 1. The summed E-state index contributed by atoms with van der Waals surface area (Å²) in [7, 11) is 0. The normalized spacial score (nSPS) is 13.1. The van der Waals surface area contributed by atoms with Crippen molar-refractivity contribution in [1.29, 1.82) is 0 Å². The first kappa shape index (κ1) is 16.7. The Balaban J connectivity index is 2.78. The van der Waals surface area contributed by atoms with Crippen molar-refractivity contribution in [3.63, 3.8) is 0 Å². The van der Waals surface area contributed by atoms with E-state index in [9.17, 15) is 14.4 Å². The predicted octanol–water partition coefficient (Wildman–Crippen LogP) is 1.84. The van der Waals surface area contributed by atoms with Crippen LogP contribution in [0, 0.1) is 5.92 Å². The van der Waals surface area contributed by atoms with E-state index in [4.69, 9.17) is 9.84 Å². The molecule has 0 saturated heterocycles. The summed E-state index contributed by atoms with van der Waals surface area (Å²) in [6, 6.07) is 4.98. The molecule has 0 spiro atoms. The van der Waals surface area contributed by atoms with Gasteiger partial charge in [-0.3, -0.25) is 9.59 Å². The molecule has 21 heavy (non-hydrogen) atoms. The Labute approximate surface area is 123 Å². The Morgan fingerprint density at radius 3 is 2.24 bits per heavy atom. The summed E-state index contributed by atoms with van der Waals surface area (Å²) < 4.78 is 4.86. The average Bonchev–Trinajstić information content (AvgIpc) is 2.43. The summed E-state index contributed by atoms with van der Waals surface area (Å²) in [6.45, 7) is 4.91. The monoisotopic (exact) mass is 293 g/mol. The van der Waals surface area contributed by atoms with E-state index in [1.165, 1.54) is 31.2 Å². The Bertz CT molecular complexity index is 523. The number of aliphatic carboxylic acids is 1. The van der Waals surface area contributed by atoms with Crippen LogP contribution >= 0.6 is 0 Å². The van der Waals surface area contributed by atoms with Crippen LogP contribution in [0.4, 0.5) is 0 Å². The Hall–Kier alpha value is -2.37. The van der Waals surface area contributed by atoms with Gasteiger partial charge in [0.15, 0.2) is 0 Å². The molecule has 0 fully saturated rings. The average molecular weight is 293 g/mol. The zero-order chi connectivity index (χ0) is 16.0. The largest absolute Gasteiger partial charge is 0.480 e. The summed E-state index contributed by atoms with van der Waals surface area (Å²) in [5.74, 6) is -1.83. The smallest absolute Gasteiger partial charge is 0.326 e. The Kier molecular flexibility index (Phi) is 5.90. The van der Waals surface area contributed by atoms with Crippen LogP contribution in [0.15, 0.2) is 24.3 Å². The Morgan fingerprint density at radius 2 is 1.81 bits per heavy atom. The first-order valence-electron chi connectivity index (χ1n) is 6.67. The zero-order valence-corrected chi connectivity index (χ0v) is 12.3. The van der Waals surface area contributed by atoms with Gasteiger partial charge in [-0.1, -0.05) is 20.3 Å². The third-order valence-corrected chi connectivity index (χ3v) is 3.14. The molecule has 0 bridgehead atoms. The minimum absolute atomic E-state index is 0.174. The number of carboxylic acid groups (broad SMARTS) is 1. The molecule has 0 aliphatic heterocycles. The minimum Gasteiger partial charge on any atom is -0.480 e. The van der Waals surface area contributed by atoms with Gasteiger partial charge in [0.2, 0.25) is 0 Å². The fourth-order valence-corrected chi connectivity index (χ4v) is 1.75. The molecule has 0 aliphatic carbocycles. The van der Waals surface area contributed by atoms with Crippen molar-refractivity contribution in [2.45, 2.75) is 33.2 Å². The van der Waals surface area contributed by atoms with Crippen LogP contribution in [-0.4, -0.2) is 29.0 Å². The molecule has 114 valence electrons. The quantitative estimate of drug-likeness (QED) is 0.616. The fraction of sp³-hybridized carbons (Fsp3) is 0.400. The fourth-order valence-electron chi connectivity index (χ4n) is 1.75. The van der Waals surface area contributed by atoms with Crippen LogP contribution < -0.4 is 10.1 Å². The molecule has 0 radical (unpaired) electrons. The van der Waals surface area contributed by atoms with E-state index in [0.29, 0.717) is 17.7 Å². The number of rotatable bonds is 6. The predicted molar refractivity (Wildman–Crippen MR) is 76.1 cm³/mol. The third kappa shape index (κ3) is 4.91. The number of carbonyl (C=O) groups is 3. The molecule has 2 N–H and O–H groups in total. The highest BCUT2D eigenvalue weighted by atomic mass is 16.5. The first-order valence-corrected chi connectivity index (χ1v) is 6.67. The molecule has 6 heteroatoms. The highest BCUT2D eigenvalue weighted by Crippen LogP contribution is 2.14. The second-order valence-electron chi connectivity index (χ2n) is 4.79. The number of hydrogen-bond donors (Lipinski definition) is 2. The second kappa shape index (κ2) is 7.42. The lowest BCUT2D eigenvalue weighted by Gasteiger charge is -2.20. The van der Waals surface area contributed by atoms with Gasteiger partial charge in [0.1, 0.15) is 11.8 Å². The van der Waals surface area contributed by atoms with Crippen molar-refractivity contribution < 1.29 is 24.2 Å². The molecule has 0 heterocycles. The molecule has 1 aromatic rings. The van der Waals surface area contributed by atoms with E-state index in [0.717, 1.165) is 0 Å². The summed E-state index contributed by atoms with van der Waals surface area (Å²) in [5.41, 5.74) is 0.306. The second-order valence-corrected chi connectivity index (χ2v) is 4.79. The maximum Gasteiger partial charge on any atom is 0.326 e. The number of amides is 1. The Morgan fingerprint density at radius 1 is 1.24 bits per heavy atom. The van der Waals surface area contributed by atoms with Gasteiger partial charge >= 0.3 is 11.9 Å². The standard InChI is InChI=1S/C15H19NO5/c1-4-9(2)13(15(19)20)16-14(18)11-5-7-12(8-6-11)21-10(3)17/h5-9,13H,4H2,1-3H3,(H,16,18)(H,19,20). The number of carbonyl (C=O) groups excluding carboxylic acids is 2. The van der Waals surface area contributed by atoms with Crippen LogP contribution in [-0.2, 0) is 9.59 Å². The van der Waals surface area contributed by atoms with Gasteiger partial charge in [-0.15, -0.1) is 0 Å². The lowest BCUT2D eigenvalue weighted by Crippen LogP contribution is -2.45. The van der Waals surface area contributed by atoms with Crippen molar-refractivity contribution in [2.24, 2.45) is 5.92 Å². The molecular weight excluding hydrogens is 274 g/mol. The molecule has 1 amide bonds. The number of esters is 1. The van der Waals surface area contributed by atoms with E-state index in [2.05, 4.69) is 5.32 Å². The molecular formula is C15H19NO5. The van der Waals surface area contributed by atoms with Gasteiger partial charge in [-0.05, 0) is 30.2 Å². The third-order valence-electron chi connectivity index (χ3n) is 3.14. The van der Waals surface area contributed by atoms with E-state index in [1.807, 2.05) is 6.92 Å². The molecule has 1 aromatic carbocycles. The van der Waals surface area contributed by atoms with E-state index >= 15 is 0 Å². The zero-order valence-electron chi connectivity index (χ0n) is 12.3. The van der Waals surface area contributed by atoms with Crippen molar-refractivity contribution in [1.82, 2.24) is 5.32 Å². The number of ether oxygens (including phenoxy) is 1. The van der Waals surface area contributed by atoms with Crippen LogP contribution in [0.25, 0.3) is 0 Å². The van der Waals surface area contributed by atoms with Crippen molar-refractivity contribution >= 4 is 17.8 Å². The van der Waals surface area contributed by atoms with Crippen LogP contribution in [0.3, 0.4) is 0 Å². The number of benzene rings is 1. The molecule has 2 atom stereocenters. The van der Waals surface area contributed by atoms with Crippen LogP contribution in [0.1, 0.15) is 37.6 Å². The summed E-state index contributed by atoms with van der Waals surface area (Å²) in [4.78, 5) is 34.0. The van der Waals surface area contributed by atoms with Crippen LogP contribution in [0.5, 0.6) is 5.75 Å². The van der Waals surface area contributed by atoms with Gasteiger partial charge in [-0.2, -0.15) is 0 Å². The topological polar surface area (TPSA) is 92.7 Å².